The summed E-state index contributed by atoms with van der Waals surface area (Å²) in [6, 6.07) is -0.515. The summed E-state index contributed by atoms with van der Waals surface area (Å²) in [5.74, 6) is -0.406. The Labute approximate surface area is 81.9 Å². The van der Waals surface area contributed by atoms with Gasteiger partial charge in [0.1, 0.15) is 12.8 Å². The molecule has 6 heteroatoms. The topological polar surface area (TPSA) is 81.9 Å². The normalized spacial score (nSPS) is 20.7. The molecule has 0 aliphatic carbocycles. The van der Waals surface area contributed by atoms with Crippen molar-refractivity contribution in [2.45, 2.75) is 18.9 Å². The molecule has 2 N–H and O–H groups in total. The number of carbonyl (C=O) groups is 2. The summed E-state index contributed by atoms with van der Waals surface area (Å²) in [5.41, 5.74) is 5.07. The summed E-state index contributed by atoms with van der Waals surface area (Å²) in [7, 11) is 1.30. The minimum Gasteiger partial charge on any atom is -0.467 e. The van der Waals surface area contributed by atoms with Crippen LogP contribution in [0, 0.1) is 0 Å². The van der Waals surface area contributed by atoms with Crippen molar-refractivity contribution in [1.82, 2.24) is 4.90 Å². The van der Waals surface area contributed by atoms with Crippen LogP contribution in [0.2, 0.25) is 0 Å². The molecule has 1 saturated heterocycles. The Morgan fingerprint density at radius 3 is 2.86 bits per heavy atom. The first kappa shape index (κ1) is 10.8. The van der Waals surface area contributed by atoms with Crippen molar-refractivity contribution in [2.75, 3.05) is 20.4 Å². The molecule has 0 bridgehead atoms. The smallest absolute Gasteiger partial charge is 0.411 e. The van der Waals surface area contributed by atoms with Crippen LogP contribution in [0.5, 0.6) is 0 Å². The zero-order valence-corrected chi connectivity index (χ0v) is 8.06. The molecule has 14 heavy (non-hydrogen) atoms. The second-order valence-electron chi connectivity index (χ2n) is 2.95. The summed E-state index contributed by atoms with van der Waals surface area (Å²) in [5, 5.41) is 0. The lowest BCUT2D eigenvalue weighted by Gasteiger charge is -2.21. The minimum atomic E-state index is -0.555. The fraction of sp³-hybridized carbons (Fsp3) is 0.750. The molecule has 0 aromatic rings. The third-order valence-electron chi connectivity index (χ3n) is 2.17. The van der Waals surface area contributed by atoms with Crippen LogP contribution >= 0.6 is 0 Å². The van der Waals surface area contributed by atoms with Gasteiger partial charge in [0.15, 0.2) is 0 Å². The Balaban J connectivity index is 2.59. The molecule has 1 atom stereocenters. The summed E-state index contributed by atoms with van der Waals surface area (Å²) in [6.07, 6.45) is 0.839. The van der Waals surface area contributed by atoms with Gasteiger partial charge in [-0.3, -0.25) is 10.6 Å². The Kier molecular flexibility index (Phi) is 3.70. The molecular formula is C8H14N2O4. The van der Waals surface area contributed by atoms with E-state index in [0.717, 1.165) is 6.42 Å². The zero-order chi connectivity index (χ0) is 10.6. The second kappa shape index (κ2) is 4.80. The summed E-state index contributed by atoms with van der Waals surface area (Å²) >= 11 is 0. The predicted molar refractivity (Wildman–Crippen MR) is 47.3 cm³/mol. The first-order valence-electron chi connectivity index (χ1n) is 4.42. The van der Waals surface area contributed by atoms with E-state index in [1.165, 1.54) is 12.0 Å². The molecule has 1 heterocycles. The van der Waals surface area contributed by atoms with E-state index in [1.54, 1.807) is 0 Å². The van der Waals surface area contributed by atoms with Gasteiger partial charge in [0.05, 0.1) is 7.11 Å². The van der Waals surface area contributed by atoms with Gasteiger partial charge in [-0.05, 0) is 12.8 Å². The highest BCUT2D eigenvalue weighted by molar-refractivity contribution is 5.81. The summed E-state index contributed by atoms with van der Waals surface area (Å²) < 4.78 is 9.18. The number of nitrogens with two attached hydrogens (primary N) is 1. The number of nitrogens with zero attached hydrogens (tertiary/aromatic N) is 1. The first-order valence-corrected chi connectivity index (χ1v) is 4.42. The van der Waals surface area contributed by atoms with Crippen LogP contribution in [-0.2, 0) is 14.3 Å². The van der Waals surface area contributed by atoms with Crippen molar-refractivity contribution < 1.29 is 19.1 Å². The second-order valence-corrected chi connectivity index (χ2v) is 2.95. The zero-order valence-electron chi connectivity index (χ0n) is 8.06. The van der Waals surface area contributed by atoms with E-state index in [9.17, 15) is 9.59 Å². The number of amides is 1. The molecule has 80 valence electrons. The molecule has 1 rings (SSSR count). The molecule has 0 aromatic carbocycles. The van der Waals surface area contributed by atoms with Crippen molar-refractivity contribution in [3.05, 3.63) is 0 Å². The molecule has 0 unspecified atom stereocenters. The molecule has 1 fully saturated rings. The molecule has 0 saturated carbocycles. The van der Waals surface area contributed by atoms with Crippen molar-refractivity contribution in [2.24, 2.45) is 5.73 Å². The fourth-order valence-electron chi connectivity index (χ4n) is 1.52. The number of rotatable bonds is 2. The van der Waals surface area contributed by atoms with Crippen LogP contribution in [0.25, 0.3) is 0 Å². The van der Waals surface area contributed by atoms with Crippen LogP contribution in [0.15, 0.2) is 0 Å². The first-order chi connectivity index (χ1) is 6.70. The molecule has 6 nitrogen and oxygen atoms in total. The third-order valence-corrected chi connectivity index (χ3v) is 2.17. The highest BCUT2D eigenvalue weighted by Gasteiger charge is 2.35. The maximum absolute atomic E-state index is 11.3. The van der Waals surface area contributed by atoms with Gasteiger partial charge < -0.3 is 9.47 Å². The van der Waals surface area contributed by atoms with Crippen LogP contribution in [0.3, 0.4) is 0 Å². The van der Waals surface area contributed by atoms with Crippen molar-refractivity contribution >= 4 is 12.1 Å². The SMILES string of the molecule is COC(=O)[C@@H]1CCCN1C(=O)OCN. The number of esters is 1. The van der Waals surface area contributed by atoms with E-state index in [-0.39, 0.29) is 6.73 Å². The van der Waals surface area contributed by atoms with E-state index in [1.807, 2.05) is 0 Å². The molecule has 1 aliphatic heterocycles. The molecule has 0 radical (unpaired) electrons. The predicted octanol–water partition coefficient (Wildman–Crippen LogP) is -0.323. The van der Waals surface area contributed by atoms with Crippen LogP contribution in [0.4, 0.5) is 4.79 Å². The Bertz CT molecular complexity index is 231. The van der Waals surface area contributed by atoms with E-state index in [4.69, 9.17) is 5.73 Å². The van der Waals surface area contributed by atoms with Crippen LogP contribution in [-0.4, -0.2) is 43.4 Å². The van der Waals surface area contributed by atoms with E-state index >= 15 is 0 Å². The Morgan fingerprint density at radius 1 is 1.57 bits per heavy atom. The van der Waals surface area contributed by atoms with Crippen LogP contribution in [0.1, 0.15) is 12.8 Å². The molecular weight excluding hydrogens is 188 g/mol. The number of likely N-dealkylation sites (tertiary alicyclic amines) is 1. The van der Waals surface area contributed by atoms with E-state index in [0.29, 0.717) is 13.0 Å². The van der Waals surface area contributed by atoms with E-state index < -0.39 is 18.1 Å². The average Bonchev–Trinajstić information content (AvgIpc) is 2.65. The van der Waals surface area contributed by atoms with Gasteiger partial charge in [-0.2, -0.15) is 0 Å². The number of methoxy groups -OCH3 is 1. The van der Waals surface area contributed by atoms with Gasteiger partial charge >= 0.3 is 12.1 Å². The number of hydrogen-bond acceptors (Lipinski definition) is 5. The standard InChI is InChI=1S/C8H14N2O4/c1-13-7(11)6-3-2-4-10(6)8(12)14-5-9/h6H,2-5,9H2,1H3/t6-/m0/s1. The molecule has 0 aromatic heterocycles. The number of hydrogen-bond donors (Lipinski definition) is 1. The van der Waals surface area contributed by atoms with Crippen LogP contribution < -0.4 is 5.73 Å². The quantitative estimate of drug-likeness (QED) is 0.490. The van der Waals surface area contributed by atoms with Gasteiger partial charge in [-0.25, -0.2) is 9.59 Å². The lowest BCUT2D eigenvalue weighted by atomic mass is 10.2. The Morgan fingerprint density at radius 2 is 2.29 bits per heavy atom. The van der Waals surface area contributed by atoms with Gasteiger partial charge in [0.2, 0.25) is 0 Å². The maximum Gasteiger partial charge on any atom is 0.411 e. The van der Waals surface area contributed by atoms with Crippen molar-refractivity contribution in [3.63, 3.8) is 0 Å². The van der Waals surface area contributed by atoms with Gasteiger partial charge in [-0.15, -0.1) is 0 Å². The fourth-order valence-corrected chi connectivity index (χ4v) is 1.52. The number of ether oxygens (including phenoxy) is 2. The van der Waals surface area contributed by atoms with Gasteiger partial charge in [0, 0.05) is 6.54 Å². The minimum absolute atomic E-state index is 0.177. The lowest BCUT2D eigenvalue weighted by Crippen LogP contribution is -2.41. The molecule has 0 spiro atoms. The highest BCUT2D eigenvalue weighted by Crippen LogP contribution is 2.18. The van der Waals surface area contributed by atoms with E-state index in [2.05, 4.69) is 9.47 Å². The number of carbonyl (C=O) groups excluding carboxylic acids is 2. The Hall–Kier alpha value is -1.30. The molecule has 1 aliphatic rings. The summed E-state index contributed by atoms with van der Waals surface area (Å²) in [4.78, 5) is 23.9. The van der Waals surface area contributed by atoms with Crippen molar-refractivity contribution in [1.29, 1.82) is 0 Å². The molecule has 1 amide bonds. The largest absolute Gasteiger partial charge is 0.467 e. The lowest BCUT2D eigenvalue weighted by molar-refractivity contribution is -0.145. The summed E-state index contributed by atoms with van der Waals surface area (Å²) in [6.45, 7) is 0.335. The maximum atomic E-state index is 11.3. The van der Waals surface area contributed by atoms with Gasteiger partial charge in [-0.1, -0.05) is 0 Å². The highest BCUT2D eigenvalue weighted by atomic mass is 16.6. The van der Waals surface area contributed by atoms with Crippen molar-refractivity contribution in [3.8, 4) is 0 Å². The monoisotopic (exact) mass is 202 g/mol. The van der Waals surface area contributed by atoms with Gasteiger partial charge in [0.25, 0.3) is 0 Å². The third kappa shape index (κ3) is 2.14. The average molecular weight is 202 g/mol.